The Bertz CT molecular complexity index is 1540. The molecule has 1 aliphatic carbocycles. The predicted molar refractivity (Wildman–Crippen MR) is 154 cm³/mol. The number of Topliss-reactive ketones (excluding diaryl/α,β-unsaturated/α-hetero) is 2. The van der Waals surface area contributed by atoms with Gasteiger partial charge >= 0.3 is 11.6 Å². The van der Waals surface area contributed by atoms with Crippen molar-refractivity contribution in [2.24, 2.45) is 5.41 Å². The van der Waals surface area contributed by atoms with E-state index in [9.17, 15) is 19.2 Å². The van der Waals surface area contributed by atoms with Gasteiger partial charge in [-0.2, -0.15) is 0 Å². The number of carbonyl (C=O) groups is 3. The maximum atomic E-state index is 12.6. The zero-order chi connectivity index (χ0) is 28.9. The van der Waals surface area contributed by atoms with Crippen LogP contribution in [0.3, 0.4) is 0 Å². The highest BCUT2D eigenvalue weighted by atomic mass is 16.5. The molecular weight excluding hydrogens is 492 g/mol. The number of benzene rings is 1. The third-order valence-corrected chi connectivity index (χ3v) is 6.92. The summed E-state index contributed by atoms with van der Waals surface area (Å²) in [6.45, 7) is 13.2. The van der Waals surface area contributed by atoms with Crippen LogP contribution in [0.1, 0.15) is 88.4 Å². The second-order valence-corrected chi connectivity index (χ2v) is 10.8. The largest absolute Gasteiger partial charge is 0.422 e. The molecule has 0 saturated heterocycles. The van der Waals surface area contributed by atoms with Gasteiger partial charge in [0.15, 0.2) is 11.6 Å². The Morgan fingerprint density at radius 1 is 0.949 bits per heavy atom. The minimum Gasteiger partial charge on any atom is -0.422 e. The summed E-state index contributed by atoms with van der Waals surface area (Å²) in [6.07, 6.45) is 14.8. The Kier molecular flexibility index (Phi) is 9.23. The van der Waals surface area contributed by atoms with Crippen molar-refractivity contribution in [3.63, 3.8) is 0 Å². The Hall–Kier alpha value is -4.06. The lowest BCUT2D eigenvalue weighted by Gasteiger charge is -2.32. The van der Waals surface area contributed by atoms with Crippen molar-refractivity contribution in [2.75, 3.05) is 0 Å². The summed E-state index contributed by atoms with van der Waals surface area (Å²) in [5.74, 6) is -1.49. The zero-order valence-corrected chi connectivity index (χ0v) is 23.8. The molecule has 0 atom stereocenters. The van der Waals surface area contributed by atoms with Crippen LogP contribution < -0.4 is 10.4 Å². The number of hydrogen-bond acceptors (Lipinski definition) is 6. The summed E-state index contributed by atoms with van der Waals surface area (Å²) in [5, 5.41) is 0.383. The van der Waals surface area contributed by atoms with Gasteiger partial charge in [0.1, 0.15) is 16.9 Å². The molecule has 0 spiro atoms. The van der Waals surface area contributed by atoms with Crippen molar-refractivity contribution in [1.29, 1.82) is 0 Å². The second kappa shape index (κ2) is 12.2. The van der Waals surface area contributed by atoms with Crippen LogP contribution in [0, 0.1) is 5.41 Å². The quantitative estimate of drug-likeness (QED) is 0.0873. The molecule has 0 N–H and O–H groups in total. The fraction of sp³-hybridized carbons (Fsp3) is 0.333. The number of rotatable bonds is 8. The first-order valence-corrected chi connectivity index (χ1v) is 13.1. The minimum absolute atomic E-state index is 0.0251. The molecule has 0 aliphatic heterocycles. The molecule has 0 radical (unpaired) electrons. The molecule has 1 aliphatic rings. The third-order valence-electron chi connectivity index (χ3n) is 6.92. The van der Waals surface area contributed by atoms with Gasteiger partial charge in [-0.1, -0.05) is 55.4 Å². The maximum absolute atomic E-state index is 12.6. The molecule has 0 saturated carbocycles. The molecule has 0 unspecified atom stereocenters. The molecule has 0 fully saturated rings. The Morgan fingerprint density at radius 2 is 1.62 bits per heavy atom. The molecule has 3 rings (SSSR count). The molecule has 6 nitrogen and oxygen atoms in total. The van der Waals surface area contributed by atoms with Crippen LogP contribution in [-0.4, -0.2) is 17.5 Å². The highest BCUT2D eigenvalue weighted by Gasteiger charge is 2.26. The highest BCUT2D eigenvalue weighted by Crippen LogP contribution is 2.40. The Balaban J connectivity index is 1.76. The van der Waals surface area contributed by atoms with Crippen LogP contribution in [0.5, 0.6) is 5.75 Å². The topological polar surface area (TPSA) is 90.7 Å². The molecule has 1 aromatic heterocycles. The zero-order valence-electron chi connectivity index (χ0n) is 23.8. The van der Waals surface area contributed by atoms with Gasteiger partial charge < -0.3 is 9.15 Å². The van der Waals surface area contributed by atoms with Crippen LogP contribution in [0.4, 0.5) is 0 Å². The molecule has 6 heteroatoms. The average Bonchev–Trinajstić information content (AvgIpc) is 2.82. The van der Waals surface area contributed by atoms with E-state index in [-0.39, 0.29) is 33.7 Å². The first-order chi connectivity index (χ1) is 18.3. The minimum atomic E-state index is -0.795. The normalized spacial score (nSPS) is 16.4. The van der Waals surface area contributed by atoms with E-state index in [2.05, 4.69) is 32.9 Å². The lowest BCUT2D eigenvalue weighted by molar-refractivity contribution is -0.129. The molecule has 39 heavy (non-hydrogen) atoms. The van der Waals surface area contributed by atoms with E-state index in [0.717, 1.165) is 12.0 Å². The van der Waals surface area contributed by atoms with Crippen LogP contribution in [0.2, 0.25) is 0 Å². The summed E-state index contributed by atoms with van der Waals surface area (Å²) in [6, 6.07) is 4.13. The maximum Gasteiger partial charge on any atom is 0.347 e. The van der Waals surface area contributed by atoms with Crippen LogP contribution in [-0.2, 0) is 4.79 Å². The number of fused-ring (bicyclic) bond motifs is 1. The second-order valence-electron chi connectivity index (χ2n) is 10.8. The summed E-state index contributed by atoms with van der Waals surface area (Å²) in [5.41, 5.74) is 4.11. The smallest absolute Gasteiger partial charge is 0.347 e. The standard InChI is InChI=1S/C33H36O6/c1-20(13-14-28-22(3)12-9-15-33(28,6)7)10-8-11-21(2)16-31(36)38-30-19-29-25(17-26(30)23(4)34)18-27(24(5)35)32(37)39-29/h8,10-11,13-14,16-19H,9,12,15H2,1-7H3/b11-8+,14-13+,20-10+,21-16+. The van der Waals surface area contributed by atoms with Gasteiger partial charge in [-0.05, 0) is 82.6 Å². The molecule has 1 heterocycles. The molecule has 0 amide bonds. The first-order valence-electron chi connectivity index (χ1n) is 13.1. The van der Waals surface area contributed by atoms with Crippen molar-refractivity contribution in [1.82, 2.24) is 0 Å². The summed E-state index contributed by atoms with van der Waals surface area (Å²) < 4.78 is 10.7. The number of hydrogen-bond donors (Lipinski definition) is 0. The predicted octanol–water partition coefficient (Wildman–Crippen LogP) is 7.64. The molecular formula is C33H36O6. The van der Waals surface area contributed by atoms with Gasteiger partial charge in [-0.3, -0.25) is 9.59 Å². The number of carbonyl (C=O) groups excluding carboxylic acids is 3. The molecule has 204 valence electrons. The van der Waals surface area contributed by atoms with Gasteiger partial charge in [0.05, 0.1) is 5.56 Å². The number of ether oxygens (including phenoxy) is 1. The van der Waals surface area contributed by atoms with Crippen LogP contribution >= 0.6 is 0 Å². The van der Waals surface area contributed by atoms with Crippen LogP contribution in [0.15, 0.2) is 86.2 Å². The van der Waals surface area contributed by atoms with Gasteiger partial charge in [-0.25, -0.2) is 9.59 Å². The summed E-state index contributed by atoms with van der Waals surface area (Å²) in [7, 11) is 0. The van der Waals surface area contributed by atoms with E-state index in [1.807, 2.05) is 19.1 Å². The van der Waals surface area contributed by atoms with E-state index < -0.39 is 17.4 Å². The number of ketones is 2. The average molecular weight is 529 g/mol. The Labute approximate surface area is 229 Å². The van der Waals surface area contributed by atoms with Crippen molar-refractivity contribution in [3.8, 4) is 5.75 Å². The summed E-state index contributed by atoms with van der Waals surface area (Å²) in [4.78, 5) is 48.6. The lowest BCUT2D eigenvalue weighted by atomic mass is 9.72. The third kappa shape index (κ3) is 7.50. The summed E-state index contributed by atoms with van der Waals surface area (Å²) >= 11 is 0. The van der Waals surface area contributed by atoms with E-state index >= 15 is 0 Å². The van der Waals surface area contributed by atoms with Gasteiger partial charge in [-0.15, -0.1) is 0 Å². The SMILES string of the molecule is CC(=O)c1cc2cc(C(C)=O)c(=O)oc2cc1OC(=O)/C=C(C)/C=C/C=C(C)/C=C/C1=C(C)CCCC1(C)C. The van der Waals surface area contributed by atoms with Crippen molar-refractivity contribution in [2.45, 2.75) is 67.7 Å². The van der Waals surface area contributed by atoms with Crippen molar-refractivity contribution in [3.05, 3.63) is 98.5 Å². The molecule has 0 bridgehead atoms. The fourth-order valence-corrected chi connectivity index (χ4v) is 4.76. The number of allylic oxidation sites excluding steroid dienone is 9. The fourth-order valence-electron chi connectivity index (χ4n) is 4.76. The van der Waals surface area contributed by atoms with Crippen molar-refractivity contribution < 1.29 is 23.5 Å². The monoisotopic (exact) mass is 528 g/mol. The van der Waals surface area contributed by atoms with E-state index in [0.29, 0.717) is 11.0 Å². The number of esters is 1. The van der Waals surface area contributed by atoms with Crippen molar-refractivity contribution >= 4 is 28.5 Å². The first kappa shape index (κ1) is 29.5. The van der Waals surface area contributed by atoms with Crippen LogP contribution in [0.25, 0.3) is 11.0 Å². The van der Waals surface area contributed by atoms with E-state index in [1.165, 1.54) is 62.1 Å². The van der Waals surface area contributed by atoms with Gasteiger partial charge in [0.25, 0.3) is 0 Å². The highest BCUT2D eigenvalue weighted by molar-refractivity contribution is 6.03. The van der Waals surface area contributed by atoms with E-state index in [1.54, 1.807) is 13.0 Å². The van der Waals surface area contributed by atoms with Gasteiger partial charge in [0.2, 0.25) is 0 Å². The van der Waals surface area contributed by atoms with Gasteiger partial charge in [0, 0.05) is 17.5 Å². The molecule has 2 aromatic rings. The Morgan fingerprint density at radius 3 is 2.26 bits per heavy atom. The van der Waals surface area contributed by atoms with E-state index in [4.69, 9.17) is 9.15 Å². The molecule has 1 aromatic carbocycles. The lowest BCUT2D eigenvalue weighted by Crippen LogP contribution is -2.19.